The summed E-state index contributed by atoms with van der Waals surface area (Å²) in [5.41, 5.74) is 25.5. The van der Waals surface area contributed by atoms with Crippen molar-refractivity contribution >= 4 is 11.4 Å². The van der Waals surface area contributed by atoms with Crippen LogP contribution in [0.25, 0.3) is 22.3 Å². The summed E-state index contributed by atoms with van der Waals surface area (Å²) in [6.45, 7) is 15.2. The summed E-state index contributed by atoms with van der Waals surface area (Å²) in [5, 5.41) is 0. The lowest BCUT2D eigenvalue weighted by molar-refractivity contribution is 0.840. The molecule has 29 heavy (non-hydrogen) atoms. The van der Waals surface area contributed by atoms with Gasteiger partial charge in [-0.05, 0) is 107 Å². The van der Waals surface area contributed by atoms with Crippen molar-refractivity contribution in [2.24, 2.45) is 0 Å². The molecule has 3 rings (SSSR count). The van der Waals surface area contributed by atoms with Gasteiger partial charge in [-0.2, -0.15) is 0 Å². The molecule has 0 saturated heterocycles. The number of rotatable bonds is 4. The van der Waals surface area contributed by atoms with Crippen LogP contribution in [0.1, 0.15) is 67.3 Å². The zero-order valence-corrected chi connectivity index (χ0v) is 18.9. The van der Waals surface area contributed by atoms with E-state index >= 15 is 0 Å². The van der Waals surface area contributed by atoms with Gasteiger partial charge in [-0.3, -0.25) is 0 Å². The van der Waals surface area contributed by atoms with E-state index in [-0.39, 0.29) is 0 Å². The van der Waals surface area contributed by atoms with E-state index < -0.39 is 0 Å². The smallest absolute Gasteiger partial charge is 0.0384 e. The van der Waals surface area contributed by atoms with Crippen molar-refractivity contribution in [3.8, 4) is 22.3 Å². The summed E-state index contributed by atoms with van der Waals surface area (Å²) in [6, 6.07) is 15.5. The maximum Gasteiger partial charge on any atom is 0.0384 e. The number of nitrogens with two attached hydrogens (primary N) is 2. The Morgan fingerprint density at radius 1 is 0.621 bits per heavy atom. The average molecular weight is 387 g/mol. The predicted octanol–water partition coefficient (Wildman–Crippen LogP) is 7.36. The van der Waals surface area contributed by atoms with E-state index in [2.05, 4.69) is 90.9 Å². The number of hydrogen-bond donors (Lipinski definition) is 2. The summed E-state index contributed by atoms with van der Waals surface area (Å²) >= 11 is 0. The van der Waals surface area contributed by atoms with Gasteiger partial charge >= 0.3 is 0 Å². The van der Waals surface area contributed by atoms with Crippen LogP contribution in [0.2, 0.25) is 0 Å². The molecule has 0 atom stereocenters. The van der Waals surface area contributed by atoms with E-state index in [0.717, 1.165) is 22.5 Å². The molecule has 0 aliphatic rings. The van der Waals surface area contributed by atoms with E-state index in [1.807, 2.05) is 0 Å². The Balaban J connectivity index is 2.33. The van der Waals surface area contributed by atoms with Gasteiger partial charge in [0.15, 0.2) is 0 Å². The molecule has 0 amide bonds. The van der Waals surface area contributed by atoms with Crippen molar-refractivity contribution in [3.05, 3.63) is 70.3 Å². The van der Waals surface area contributed by atoms with Crippen LogP contribution in [0.15, 0.2) is 42.5 Å². The molecule has 0 radical (unpaired) electrons. The lowest BCUT2D eigenvalue weighted by Gasteiger charge is -2.21. The highest BCUT2D eigenvalue weighted by molar-refractivity contribution is 5.88. The molecule has 2 heteroatoms. The fourth-order valence-corrected chi connectivity index (χ4v) is 4.22. The molecule has 3 aromatic carbocycles. The zero-order chi connectivity index (χ0) is 21.5. The molecule has 2 nitrogen and oxygen atoms in total. The fourth-order valence-electron chi connectivity index (χ4n) is 4.22. The number of benzene rings is 3. The summed E-state index contributed by atoms with van der Waals surface area (Å²) in [7, 11) is 0. The van der Waals surface area contributed by atoms with Gasteiger partial charge in [0, 0.05) is 11.4 Å². The van der Waals surface area contributed by atoms with Gasteiger partial charge in [0.25, 0.3) is 0 Å². The minimum Gasteiger partial charge on any atom is -0.398 e. The molecular formula is C27H34N2. The monoisotopic (exact) mass is 386 g/mol. The molecule has 0 aromatic heterocycles. The van der Waals surface area contributed by atoms with Crippen LogP contribution in [0, 0.1) is 20.8 Å². The fraction of sp³-hybridized carbons (Fsp3) is 0.333. The summed E-state index contributed by atoms with van der Waals surface area (Å²) < 4.78 is 0. The van der Waals surface area contributed by atoms with Gasteiger partial charge in [0.05, 0.1) is 0 Å². The summed E-state index contributed by atoms with van der Waals surface area (Å²) in [4.78, 5) is 0. The van der Waals surface area contributed by atoms with E-state index in [1.165, 1.54) is 38.9 Å². The van der Waals surface area contributed by atoms with Crippen molar-refractivity contribution < 1.29 is 0 Å². The van der Waals surface area contributed by atoms with E-state index in [1.54, 1.807) is 0 Å². The Bertz CT molecular complexity index is 1010. The van der Waals surface area contributed by atoms with Gasteiger partial charge < -0.3 is 11.5 Å². The number of nitrogen functional groups attached to an aromatic ring is 2. The lowest BCUT2D eigenvalue weighted by atomic mass is 9.85. The topological polar surface area (TPSA) is 52.0 Å². The number of aryl methyl sites for hydroxylation is 3. The number of hydrogen-bond acceptors (Lipinski definition) is 2. The molecular weight excluding hydrogens is 352 g/mol. The maximum absolute atomic E-state index is 6.55. The van der Waals surface area contributed by atoms with Crippen LogP contribution in [0.3, 0.4) is 0 Å². The third-order valence-electron chi connectivity index (χ3n) is 5.95. The Morgan fingerprint density at radius 2 is 1.14 bits per heavy atom. The SMILES string of the molecule is Cc1cc(-c2c(C)cccc2-c2cc(C(C)C)c(N)c(C(C)C)c2)cc(C)c1N. The van der Waals surface area contributed by atoms with Crippen molar-refractivity contribution in [2.75, 3.05) is 11.5 Å². The molecule has 0 bridgehead atoms. The maximum atomic E-state index is 6.55. The first kappa shape index (κ1) is 21.0. The molecule has 152 valence electrons. The second-order valence-corrected chi connectivity index (χ2v) is 8.90. The number of anilines is 2. The normalized spacial score (nSPS) is 11.5. The molecule has 0 fully saturated rings. The molecule has 0 unspecified atom stereocenters. The lowest BCUT2D eigenvalue weighted by Crippen LogP contribution is -2.04. The van der Waals surface area contributed by atoms with Crippen LogP contribution in [0.4, 0.5) is 11.4 Å². The van der Waals surface area contributed by atoms with Crippen LogP contribution < -0.4 is 11.5 Å². The molecule has 0 aliphatic carbocycles. The van der Waals surface area contributed by atoms with Crippen LogP contribution in [-0.2, 0) is 0 Å². The van der Waals surface area contributed by atoms with Gasteiger partial charge in [-0.1, -0.05) is 45.9 Å². The highest BCUT2D eigenvalue weighted by atomic mass is 14.6. The third kappa shape index (κ3) is 3.89. The van der Waals surface area contributed by atoms with Crippen LogP contribution >= 0.6 is 0 Å². The standard InChI is InChI=1S/C27H34N2/c1-15(2)23-13-20(14-24(16(3)4)27(23)29)22-10-8-9-17(5)25(22)21-11-18(6)26(28)19(7)12-21/h8-16H,28-29H2,1-7H3. The second-order valence-electron chi connectivity index (χ2n) is 8.90. The Hall–Kier alpha value is -2.74. The summed E-state index contributed by atoms with van der Waals surface area (Å²) in [5.74, 6) is 0.753. The van der Waals surface area contributed by atoms with Crippen LogP contribution in [0.5, 0.6) is 0 Å². The summed E-state index contributed by atoms with van der Waals surface area (Å²) in [6.07, 6.45) is 0. The van der Waals surface area contributed by atoms with Gasteiger partial charge in [0.1, 0.15) is 0 Å². The first-order valence-corrected chi connectivity index (χ1v) is 10.5. The molecule has 4 N–H and O–H groups in total. The minimum atomic E-state index is 0.377. The van der Waals surface area contributed by atoms with Crippen LogP contribution in [-0.4, -0.2) is 0 Å². The Kier molecular flexibility index (Phi) is 5.75. The predicted molar refractivity (Wildman–Crippen MR) is 129 cm³/mol. The molecule has 0 saturated carbocycles. The van der Waals surface area contributed by atoms with Gasteiger partial charge in [0.2, 0.25) is 0 Å². The molecule has 0 spiro atoms. The Labute approximate surface area is 176 Å². The first-order chi connectivity index (χ1) is 13.6. The second kappa shape index (κ2) is 7.94. The molecule has 3 aromatic rings. The van der Waals surface area contributed by atoms with E-state index in [0.29, 0.717) is 11.8 Å². The largest absolute Gasteiger partial charge is 0.398 e. The quantitative estimate of drug-likeness (QED) is 0.460. The highest BCUT2D eigenvalue weighted by Crippen LogP contribution is 2.41. The highest BCUT2D eigenvalue weighted by Gasteiger charge is 2.18. The first-order valence-electron chi connectivity index (χ1n) is 10.5. The minimum absolute atomic E-state index is 0.377. The van der Waals surface area contributed by atoms with Crippen molar-refractivity contribution in [2.45, 2.75) is 60.3 Å². The molecule has 0 aliphatic heterocycles. The van der Waals surface area contributed by atoms with E-state index in [4.69, 9.17) is 11.5 Å². The van der Waals surface area contributed by atoms with Crippen molar-refractivity contribution in [3.63, 3.8) is 0 Å². The van der Waals surface area contributed by atoms with Crippen molar-refractivity contribution in [1.29, 1.82) is 0 Å². The van der Waals surface area contributed by atoms with E-state index in [9.17, 15) is 0 Å². The zero-order valence-electron chi connectivity index (χ0n) is 18.9. The van der Waals surface area contributed by atoms with Gasteiger partial charge in [-0.25, -0.2) is 0 Å². The third-order valence-corrected chi connectivity index (χ3v) is 5.95. The Morgan fingerprint density at radius 3 is 1.62 bits per heavy atom. The average Bonchev–Trinajstić information content (AvgIpc) is 2.65. The van der Waals surface area contributed by atoms with Crippen molar-refractivity contribution in [1.82, 2.24) is 0 Å². The van der Waals surface area contributed by atoms with Gasteiger partial charge in [-0.15, -0.1) is 0 Å². The molecule has 0 heterocycles.